The van der Waals surface area contributed by atoms with Gasteiger partial charge in [0.05, 0.1) is 18.2 Å². The van der Waals surface area contributed by atoms with Crippen molar-refractivity contribution >= 4 is 5.91 Å². The molecule has 2 aliphatic rings. The summed E-state index contributed by atoms with van der Waals surface area (Å²) >= 11 is 0. The van der Waals surface area contributed by atoms with Gasteiger partial charge in [-0.15, -0.1) is 0 Å². The van der Waals surface area contributed by atoms with E-state index >= 15 is 0 Å². The molecule has 0 radical (unpaired) electrons. The first-order valence-corrected chi connectivity index (χ1v) is 6.74. The molecule has 19 heavy (non-hydrogen) atoms. The van der Waals surface area contributed by atoms with Gasteiger partial charge < -0.3 is 10.2 Å². The smallest absolute Gasteiger partial charge is 0.252 e. The zero-order chi connectivity index (χ0) is 13.2. The fourth-order valence-corrected chi connectivity index (χ4v) is 2.79. The molecule has 100 valence electrons. The molecule has 1 heterocycles. The number of fused-ring (bicyclic) bond motifs is 1. The number of hydrogen-bond donors (Lipinski definition) is 2. The van der Waals surface area contributed by atoms with Crippen LogP contribution in [0.1, 0.15) is 36.9 Å². The van der Waals surface area contributed by atoms with Crippen molar-refractivity contribution in [3.8, 4) is 0 Å². The number of rotatable bonds is 2. The summed E-state index contributed by atoms with van der Waals surface area (Å²) in [7, 11) is 0. The van der Waals surface area contributed by atoms with Crippen molar-refractivity contribution in [3.63, 3.8) is 0 Å². The Labute approximate surface area is 112 Å². The summed E-state index contributed by atoms with van der Waals surface area (Å²) in [5, 5.41) is 3.13. The van der Waals surface area contributed by atoms with Crippen molar-refractivity contribution in [1.29, 1.82) is 0 Å². The number of aryl methyl sites for hydroxylation is 1. The lowest BCUT2D eigenvalue weighted by Gasteiger charge is -2.26. The largest absolute Gasteiger partial charge is 0.413 e. The number of benzene rings is 1. The lowest BCUT2D eigenvalue weighted by molar-refractivity contribution is -0.118. The van der Waals surface area contributed by atoms with Crippen LogP contribution in [0.5, 0.6) is 0 Å². The number of amides is 1. The van der Waals surface area contributed by atoms with E-state index < -0.39 is 0 Å². The van der Waals surface area contributed by atoms with Crippen LogP contribution >= 0.6 is 0 Å². The summed E-state index contributed by atoms with van der Waals surface area (Å²) < 4.78 is 0. The standard InChI is InChI=1S/C15H18N2O2/c1-10-13(9-16-19-10)15(18)17-14-8-4-6-11-5-2-3-7-12(11)14/h2-3,5,7,14,16H,4,6,8-9H2,1H3,(H,17,18)/t14-/m1/s1. The van der Waals surface area contributed by atoms with E-state index in [0.29, 0.717) is 17.9 Å². The van der Waals surface area contributed by atoms with Crippen LogP contribution in [0, 0.1) is 0 Å². The SMILES string of the molecule is CC1=C(C(=O)N[C@@H]2CCCc3ccccc32)CNO1. The van der Waals surface area contributed by atoms with E-state index in [9.17, 15) is 4.79 Å². The number of nitrogens with one attached hydrogen (secondary N) is 2. The minimum atomic E-state index is -0.0239. The number of hydroxylamine groups is 1. The van der Waals surface area contributed by atoms with Gasteiger partial charge >= 0.3 is 0 Å². The molecule has 1 aliphatic heterocycles. The molecule has 4 heteroatoms. The predicted molar refractivity (Wildman–Crippen MR) is 72.1 cm³/mol. The highest BCUT2D eigenvalue weighted by Gasteiger charge is 2.25. The molecule has 0 aromatic heterocycles. The minimum absolute atomic E-state index is 0.0239. The maximum atomic E-state index is 12.2. The Morgan fingerprint density at radius 3 is 3.05 bits per heavy atom. The molecule has 0 unspecified atom stereocenters. The summed E-state index contributed by atoms with van der Waals surface area (Å²) in [5.41, 5.74) is 6.03. The topological polar surface area (TPSA) is 50.4 Å². The van der Waals surface area contributed by atoms with Crippen molar-refractivity contribution in [2.24, 2.45) is 0 Å². The molecule has 1 aromatic carbocycles. The highest BCUT2D eigenvalue weighted by atomic mass is 16.7. The van der Waals surface area contributed by atoms with E-state index in [1.54, 1.807) is 0 Å². The molecule has 0 saturated heterocycles. The second-order valence-electron chi connectivity index (χ2n) is 5.08. The van der Waals surface area contributed by atoms with Gasteiger partial charge in [0.2, 0.25) is 0 Å². The number of carbonyl (C=O) groups is 1. The Balaban J connectivity index is 1.78. The Morgan fingerprint density at radius 1 is 1.42 bits per heavy atom. The normalized spacial score (nSPS) is 21.8. The summed E-state index contributed by atoms with van der Waals surface area (Å²) in [4.78, 5) is 17.4. The van der Waals surface area contributed by atoms with E-state index in [1.807, 2.05) is 13.0 Å². The van der Waals surface area contributed by atoms with Crippen molar-refractivity contribution in [1.82, 2.24) is 10.8 Å². The quantitative estimate of drug-likeness (QED) is 0.853. The van der Waals surface area contributed by atoms with Crippen LogP contribution in [0.2, 0.25) is 0 Å². The van der Waals surface area contributed by atoms with Gasteiger partial charge in [0.15, 0.2) is 0 Å². The van der Waals surface area contributed by atoms with E-state index in [2.05, 4.69) is 29.0 Å². The average molecular weight is 258 g/mol. The van der Waals surface area contributed by atoms with Gasteiger partial charge in [-0.05, 0) is 37.3 Å². The summed E-state index contributed by atoms with van der Waals surface area (Å²) in [5.74, 6) is 0.644. The monoisotopic (exact) mass is 258 g/mol. The summed E-state index contributed by atoms with van der Waals surface area (Å²) in [6.45, 7) is 2.29. The molecular weight excluding hydrogens is 240 g/mol. The first-order valence-electron chi connectivity index (χ1n) is 6.74. The maximum absolute atomic E-state index is 12.2. The molecule has 3 rings (SSSR count). The molecule has 1 aromatic rings. The summed E-state index contributed by atoms with van der Waals surface area (Å²) in [6, 6.07) is 8.49. The van der Waals surface area contributed by atoms with Crippen molar-refractivity contribution in [3.05, 3.63) is 46.7 Å². The van der Waals surface area contributed by atoms with Gasteiger partial charge in [-0.3, -0.25) is 4.79 Å². The fraction of sp³-hybridized carbons (Fsp3) is 0.400. The molecule has 2 N–H and O–H groups in total. The first-order chi connectivity index (χ1) is 9.25. The molecule has 1 amide bonds. The lowest BCUT2D eigenvalue weighted by Crippen LogP contribution is -2.33. The van der Waals surface area contributed by atoms with Crippen LogP contribution in [-0.4, -0.2) is 12.5 Å². The highest BCUT2D eigenvalue weighted by molar-refractivity contribution is 5.94. The van der Waals surface area contributed by atoms with Gasteiger partial charge in [0.1, 0.15) is 5.76 Å². The highest BCUT2D eigenvalue weighted by Crippen LogP contribution is 2.29. The van der Waals surface area contributed by atoms with Crippen LogP contribution in [-0.2, 0) is 16.1 Å². The van der Waals surface area contributed by atoms with Crippen LogP contribution in [0.3, 0.4) is 0 Å². The van der Waals surface area contributed by atoms with Crippen LogP contribution < -0.4 is 10.8 Å². The third-order valence-corrected chi connectivity index (χ3v) is 3.85. The van der Waals surface area contributed by atoms with E-state index in [1.165, 1.54) is 11.1 Å². The number of allylic oxidation sites excluding steroid dienone is 1. The molecule has 1 aliphatic carbocycles. The third kappa shape index (κ3) is 2.36. The Hall–Kier alpha value is -1.81. The number of hydrogen-bond acceptors (Lipinski definition) is 3. The van der Waals surface area contributed by atoms with Crippen molar-refractivity contribution in [2.75, 3.05) is 6.54 Å². The lowest BCUT2D eigenvalue weighted by atomic mass is 9.87. The molecule has 0 saturated carbocycles. The Kier molecular flexibility index (Phi) is 3.25. The molecule has 0 bridgehead atoms. The molecule has 0 fully saturated rings. The minimum Gasteiger partial charge on any atom is -0.413 e. The van der Waals surface area contributed by atoms with Gasteiger partial charge in [0, 0.05) is 0 Å². The molecule has 1 atom stereocenters. The summed E-state index contributed by atoms with van der Waals surface area (Å²) in [6.07, 6.45) is 3.23. The van der Waals surface area contributed by atoms with E-state index in [0.717, 1.165) is 19.3 Å². The Morgan fingerprint density at radius 2 is 2.26 bits per heavy atom. The third-order valence-electron chi connectivity index (χ3n) is 3.85. The van der Waals surface area contributed by atoms with Gasteiger partial charge in [0.25, 0.3) is 5.91 Å². The predicted octanol–water partition coefficient (Wildman–Crippen LogP) is 1.99. The van der Waals surface area contributed by atoms with E-state index in [-0.39, 0.29) is 11.9 Å². The van der Waals surface area contributed by atoms with Crippen molar-refractivity contribution in [2.45, 2.75) is 32.2 Å². The maximum Gasteiger partial charge on any atom is 0.252 e. The molecule has 4 nitrogen and oxygen atoms in total. The molecule has 0 spiro atoms. The van der Waals surface area contributed by atoms with Crippen molar-refractivity contribution < 1.29 is 9.63 Å². The van der Waals surface area contributed by atoms with Gasteiger partial charge in [-0.25, -0.2) is 0 Å². The zero-order valence-electron chi connectivity index (χ0n) is 11.0. The van der Waals surface area contributed by atoms with Crippen LogP contribution in [0.15, 0.2) is 35.6 Å². The zero-order valence-corrected chi connectivity index (χ0v) is 11.0. The molecular formula is C15H18N2O2. The van der Waals surface area contributed by atoms with Gasteiger partial charge in [-0.1, -0.05) is 24.3 Å². The van der Waals surface area contributed by atoms with Crippen LogP contribution in [0.25, 0.3) is 0 Å². The second kappa shape index (κ2) is 5.05. The second-order valence-corrected chi connectivity index (χ2v) is 5.08. The number of carbonyl (C=O) groups excluding carboxylic acids is 1. The van der Waals surface area contributed by atoms with Gasteiger partial charge in [-0.2, -0.15) is 5.48 Å². The Bertz CT molecular complexity index is 537. The van der Waals surface area contributed by atoms with E-state index in [4.69, 9.17) is 4.84 Å². The average Bonchev–Trinajstić information content (AvgIpc) is 2.85. The van der Waals surface area contributed by atoms with Crippen LogP contribution in [0.4, 0.5) is 0 Å². The first kappa shape index (κ1) is 12.2. The fourth-order valence-electron chi connectivity index (χ4n) is 2.79.